The normalized spacial score (nSPS) is 10.7. The number of anilines is 1. The Bertz CT molecular complexity index is 779. The van der Waals surface area contributed by atoms with Crippen LogP contribution >= 0.6 is 0 Å². The van der Waals surface area contributed by atoms with E-state index in [2.05, 4.69) is 15.1 Å². The molecule has 3 rings (SSSR count). The van der Waals surface area contributed by atoms with E-state index in [0.717, 1.165) is 10.9 Å². The summed E-state index contributed by atoms with van der Waals surface area (Å²) in [4.78, 5) is 19.4. The van der Waals surface area contributed by atoms with Crippen LogP contribution in [-0.2, 0) is 0 Å². The molecule has 0 saturated carbocycles. The van der Waals surface area contributed by atoms with Crippen LogP contribution in [0.5, 0.6) is 0 Å². The summed E-state index contributed by atoms with van der Waals surface area (Å²) in [5.74, 6) is 0.00826. The molecule has 0 saturated heterocycles. The molecule has 0 spiro atoms. The Morgan fingerprint density at radius 2 is 2.11 bits per heavy atom. The Labute approximate surface area is 107 Å². The lowest BCUT2D eigenvalue weighted by Crippen LogP contribution is -2.09. The summed E-state index contributed by atoms with van der Waals surface area (Å²) in [6.07, 6.45) is 4.34. The zero-order chi connectivity index (χ0) is 13.4. The van der Waals surface area contributed by atoms with Crippen molar-refractivity contribution in [2.45, 2.75) is 0 Å². The molecule has 7 nitrogen and oxygen atoms in total. The molecular weight excluding hydrogens is 244 g/mol. The number of benzene rings is 1. The summed E-state index contributed by atoms with van der Waals surface area (Å²) in [5, 5.41) is 4.82. The zero-order valence-corrected chi connectivity index (χ0v) is 9.82. The van der Waals surface area contributed by atoms with Gasteiger partial charge in [0.25, 0.3) is 5.91 Å². The maximum Gasteiger partial charge on any atom is 0.251 e. The minimum atomic E-state index is -0.538. The largest absolute Gasteiger partial charge is 0.399 e. The van der Waals surface area contributed by atoms with Gasteiger partial charge in [0.05, 0.1) is 17.3 Å². The number of aromatic nitrogens is 4. The van der Waals surface area contributed by atoms with E-state index >= 15 is 0 Å². The first-order valence-electron chi connectivity index (χ1n) is 5.50. The van der Waals surface area contributed by atoms with E-state index in [-0.39, 0.29) is 0 Å². The monoisotopic (exact) mass is 254 g/mol. The van der Waals surface area contributed by atoms with Crippen molar-refractivity contribution in [3.63, 3.8) is 0 Å². The number of carbonyl (C=O) groups excluding carboxylic acids is 1. The van der Waals surface area contributed by atoms with E-state index in [1.807, 2.05) is 0 Å². The van der Waals surface area contributed by atoms with E-state index in [1.54, 1.807) is 18.2 Å². The van der Waals surface area contributed by atoms with Crippen LogP contribution < -0.4 is 11.5 Å². The summed E-state index contributed by atoms with van der Waals surface area (Å²) >= 11 is 0. The number of hydrogen-bond donors (Lipinski definition) is 2. The predicted octanol–water partition coefficient (Wildman–Crippen LogP) is 0.497. The molecule has 2 aromatic heterocycles. The third kappa shape index (κ3) is 1.86. The number of hydrogen-bond acceptors (Lipinski definition) is 5. The van der Waals surface area contributed by atoms with Crippen LogP contribution in [0.1, 0.15) is 10.4 Å². The molecule has 0 fully saturated rings. The molecule has 7 heteroatoms. The van der Waals surface area contributed by atoms with Gasteiger partial charge in [-0.15, -0.1) is 0 Å². The van der Waals surface area contributed by atoms with Crippen molar-refractivity contribution in [3.05, 3.63) is 42.5 Å². The third-order valence-electron chi connectivity index (χ3n) is 2.72. The Morgan fingerprint density at radius 1 is 1.26 bits per heavy atom. The van der Waals surface area contributed by atoms with Gasteiger partial charge in [-0.1, -0.05) is 0 Å². The average Bonchev–Trinajstić information content (AvgIpc) is 2.87. The summed E-state index contributed by atoms with van der Waals surface area (Å²) in [7, 11) is 0. The van der Waals surface area contributed by atoms with Gasteiger partial charge in [-0.2, -0.15) is 5.10 Å². The van der Waals surface area contributed by atoms with Gasteiger partial charge < -0.3 is 11.5 Å². The van der Waals surface area contributed by atoms with Crippen LogP contribution in [0.4, 0.5) is 5.69 Å². The molecule has 19 heavy (non-hydrogen) atoms. The second kappa shape index (κ2) is 4.05. The second-order valence-corrected chi connectivity index (χ2v) is 4.01. The fourth-order valence-electron chi connectivity index (χ4n) is 1.81. The smallest absolute Gasteiger partial charge is 0.251 e. The van der Waals surface area contributed by atoms with Crippen molar-refractivity contribution < 1.29 is 4.79 Å². The zero-order valence-electron chi connectivity index (χ0n) is 9.82. The lowest BCUT2D eigenvalue weighted by atomic mass is 10.2. The fraction of sp³-hybridized carbons (Fsp3) is 0. The molecular formula is C12H10N6O. The highest BCUT2D eigenvalue weighted by molar-refractivity contribution is 5.92. The van der Waals surface area contributed by atoms with Crippen molar-refractivity contribution in [3.8, 4) is 5.82 Å². The first kappa shape index (κ1) is 11.1. The molecule has 1 aromatic carbocycles. The molecule has 94 valence electrons. The van der Waals surface area contributed by atoms with Crippen molar-refractivity contribution in [1.29, 1.82) is 0 Å². The Kier molecular flexibility index (Phi) is 2.38. The van der Waals surface area contributed by atoms with Gasteiger partial charge in [0.15, 0.2) is 5.82 Å². The van der Waals surface area contributed by atoms with E-state index in [0.29, 0.717) is 17.1 Å². The van der Waals surface area contributed by atoms with Crippen LogP contribution in [0.2, 0.25) is 0 Å². The highest BCUT2D eigenvalue weighted by Crippen LogP contribution is 2.20. The molecule has 0 bridgehead atoms. The van der Waals surface area contributed by atoms with Crippen LogP contribution in [0, 0.1) is 0 Å². The van der Waals surface area contributed by atoms with Gasteiger partial charge in [0.2, 0.25) is 0 Å². The summed E-state index contributed by atoms with van der Waals surface area (Å²) in [6.45, 7) is 0. The Morgan fingerprint density at radius 3 is 2.84 bits per heavy atom. The molecule has 2 heterocycles. The number of carbonyl (C=O) groups is 1. The number of nitrogen functional groups attached to an aromatic ring is 1. The van der Waals surface area contributed by atoms with Crippen molar-refractivity contribution >= 4 is 22.5 Å². The second-order valence-electron chi connectivity index (χ2n) is 4.01. The SMILES string of the molecule is NC(=O)c1cnn(-c2ncnc3ccc(N)cc23)c1. The Balaban J connectivity index is 2.23. The third-order valence-corrected chi connectivity index (χ3v) is 2.72. The number of rotatable bonds is 2. The van der Waals surface area contributed by atoms with E-state index in [9.17, 15) is 4.79 Å². The molecule has 0 radical (unpaired) electrons. The maximum atomic E-state index is 11.1. The van der Waals surface area contributed by atoms with E-state index in [4.69, 9.17) is 11.5 Å². The summed E-state index contributed by atoms with van der Waals surface area (Å²) < 4.78 is 1.48. The first-order chi connectivity index (χ1) is 9.15. The molecule has 0 unspecified atom stereocenters. The highest BCUT2D eigenvalue weighted by Gasteiger charge is 2.10. The average molecular weight is 254 g/mol. The van der Waals surface area contributed by atoms with E-state index in [1.165, 1.54) is 23.4 Å². The number of amides is 1. The molecule has 0 aliphatic carbocycles. The minimum Gasteiger partial charge on any atom is -0.399 e. The fourth-order valence-corrected chi connectivity index (χ4v) is 1.81. The summed E-state index contributed by atoms with van der Waals surface area (Å²) in [5.41, 5.74) is 12.6. The number of fused-ring (bicyclic) bond motifs is 1. The molecule has 0 aliphatic heterocycles. The van der Waals surface area contributed by atoms with E-state index < -0.39 is 5.91 Å². The number of primary amides is 1. The predicted molar refractivity (Wildman–Crippen MR) is 69.6 cm³/mol. The number of nitrogens with two attached hydrogens (primary N) is 2. The standard InChI is InChI=1S/C12H10N6O/c13-8-1-2-10-9(3-8)12(16-6-15-10)18-5-7(4-17-18)11(14)19/h1-6H,13H2,(H2,14,19). The molecule has 0 atom stereocenters. The number of nitrogens with zero attached hydrogens (tertiary/aromatic N) is 4. The van der Waals surface area contributed by atoms with Gasteiger partial charge in [-0.3, -0.25) is 4.79 Å². The van der Waals surface area contributed by atoms with Gasteiger partial charge in [-0.05, 0) is 18.2 Å². The quantitative estimate of drug-likeness (QED) is 0.646. The van der Waals surface area contributed by atoms with Crippen molar-refractivity contribution in [2.24, 2.45) is 5.73 Å². The van der Waals surface area contributed by atoms with Crippen molar-refractivity contribution in [2.75, 3.05) is 5.73 Å². The molecule has 0 aliphatic rings. The van der Waals surface area contributed by atoms with Gasteiger partial charge in [0, 0.05) is 17.3 Å². The minimum absolute atomic E-state index is 0.315. The van der Waals surface area contributed by atoms with Crippen LogP contribution in [0.15, 0.2) is 36.9 Å². The maximum absolute atomic E-state index is 11.1. The van der Waals surface area contributed by atoms with Gasteiger partial charge in [0.1, 0.15) is 6.33 Å². The van der Waals surface area contributed by atoms with Crippen LogP contribution in [0.25, 0.3) is 16.7 Å². The molecule has 1 amide bonds. The molecule has 3 aromatic rings. The Hall–Kier alpha value is -2.96. The van der Waals surface area contributed by atoms with Gasteiger partial charge >= 0.3 is 0 Å². The van der Waals surface area contributed by atoms with Crippen LogP contribution in [0.3, 0.4) is 0 Å². The first-order valence-corrected chi connectivity index (χ1v) is 5.50. The topological polar surface area (TPSA) is 113 Å². The van der Waals surface area contributed by atoms with Gasteiger partial charge in [-0.25, -0.2) is 14.6 Å². The lowest BCUT2D eigenvalue weighted by Gasteiger charge is -2.05. The lowest BCUT2D eigenvalue weighted by molar-refractivity contribution is 0.100. The molecule has 4 N–H and O–H groups in total. The van der Waals surface area contributed by atoms with Crippen LogP contribution in [-0.4, -0.2) is 25.7 Å². The van der Waals surface area contributed by atoms with Crippen molar-refractivity contribution in [1.82, 2.24) is 19.7 Å². The highest BCUT2D eigenvalue weighted by atomic mass is 16.1. The summed E-state index contributed by atoms with van der Waals surface area (Å²) in [6, 6.07) is 5.32.